The first kappa shape index (κ1) is 14.3. The van der Waals surface area contributed by atoms with E-state index in [4.69, 9.17) is 0 Å². The van der Waals surface area contributed by atoms with Crippen molar-refractivity contribution in [2.75, 3.05) is 39.8 Å². The molecule has 0 atom stereocenters. The quantitative estimate of drug-likeness (QED) is 0.750. The molecule has 2 amide bonds. The second-order valence-electron chi connectivity index (χ2n) is 5.73. The topological polar surface area (TPSA) is 43.9 Å². The summed E-state index contributed by atoms with van der Waals surface area (Å²) >= 11 is 0. The van der Waals surface area contributed by atoms with Crippen LogP contribution in [0.25, 0.3) is 0 Å². The molecule has 0 saturated carbocycles. The van der Waals surface area contributed by atoms with Crippen LogP contribution in [0.1, 0.15) is 32.6 Å². The predicted octanol–water partition coefficient (Wildman–Crippen LogP) is 0.552. The third-order valence-corrected chi connectivity index (χ3v) is 4.42. The van der Waals surface area contributed by atoms with Crippen molar-refractivity contribution >= 4 is 11.8 Å². The van der Waals surface area contributed by atoms with Gasteiger partial charge in [0.25, 0.3) is 0 Å². The summed E-state index contributed by atoms with van der Waals surface area (Å²) in [7, 11) is 1.87. The molecule has 2 aliphatic rings. The van der Waals surface area contributed by atoms with Crippen molar-refractivity contribution in [3.63, 3.8) is 0 Å². The van der Waals surface area contributed by atoms with Gasteiger partial charge in [0.1, 0.15) is 0 Å². The van der Waals surface area contributed by atoms with Gasteiger partial charge < -0.3 is 9.80 Å². The minimum atomic E-state index is 0.131. The zero-order valence-electron chi connectivity index (χ0n) is 12.1. The number of carbonyl (C=O) groups is 2. The highest BCUT2D eigenvalue weighted by atomic mass is 16.2. The van der Waals surface area contributed by atoms with E-state index in [-0.39, 0.29) is 11.8 Å². The van der Waals surface area contributed by atoms with Gasteiger partial charge in [-0.25, -0.2) is 0 Å². The Labute approximate surface area is 115 Å². The summed E-state index contributed by atoms with van der Waals surface area (Å²) in [6.45, 7) is 5.87. The van der Waals surface area contributed by atoms with Crippen LogP contribution in [0.2, 0.25) is 0 Å². The van der Waals surface area contributed by atoms with Crippen molar-refractivity contribution in [1.29, 1.82) is 0 Å². The fraction of sp³-hybridized carbons (Fsp3) is 0.857. The van der Waals surface area contributed by atoms with Crippen LogP contribution in [0.15, 0.2) is 0 Å². The van der Waals surface area contributed by atoms with Crippen molar-refractivity contribution in [1.82, 2.24) is 14.7 Å². The highest BCUT2D eigenvalue weighted by molar-refractivity contribution is 5.78. The molecule has 5 nitrogen and oxygen atoms in total. The van der Waals surface area contributed by atoms with E-state index in [9.17, 15) is 9.59 Å². The molecule has 0 aromatic rings. The lowest BCUT2D eigenvalue weighted by Gasteiger charge is -2.36. The molecule has 2 aliphatic heterocycles. The molecule has 0 aromatic heterocycles. The molecule has 2 fully saturated rings. The zero-order valence-corrected chi connectivity index (χ0v) is 12.1. The molecule has 2 rings (SSSR count). The van der Waals surface area contributed by atoms with Gasteiger partial charge in [-0.05, 0) is 25.7 Å². The number of hydrogen-bond donors (Lipinski definition) is 0. The fourth-order valence-corrected chi connectivity index (χ4v) is 2.98. The van der Waals surface area contributed by atoms with Crippen molar-refractivity contribution in [3.05, 3.63) is 0 Å². The van der Waals surface area contributed by atoms with Gasteiger partial charge in [-0.15, -0.1) is 0 Å². The Kier molecular flexibility index (Phi) is 4.80. The van der Waals surface area contributed by atoms with Gasteiger partial charge in [-0.3, -0.25) is 14.5 Å². The van der Waals surface area contributed by atoms with Gasteiger partial charge >= 0.3 is 0 Å². The summed E-state index contributed by atoms with van der Waals surface area (Å²) in [5, 5.41) is 0. The van der Waals surface area contributed by atoms with Gasteiger partial charge in [0.2, 0.25) is 11.8 Å². The summed E-state index contributed by atoms with van der Waals surface area (Å²) < 4.78 is 0. The van der Waals surface area contributed by atoms with E-state index in [0.717, 1.165) is 51.9 Å². The summed E-state index contributed by atoms with van der Waals surface area (Å²) in [6.07, 6.45) is 4.25. The number of piperidine rings is 1. The average molecular weight is 267 g/mol. The van der Waals surface area contributed by atoms with E-state index in [0.29, 0.717) is 12.6 Å². The van der Waals surface area contributed by atoms with Crippen LogP contribution in [0.5, 0.6) is 0 Å². The van der Waals surface area contributed by atoms with Gasteiger partial charge in [0.15, 0.2) is 0 Å². The van der Waals surface area contributed by atoms with Gasteiger partial charge in [0, 0.05) is 46.2 Å². The maximum atomic E-state index is 12.1. The van der Waals surface area contributed by atoms with Gasteiger partial charge in [-0.2, -0.15) is 0 Å². The molecule has 108 valence electrons. The molecule has 2 heterocycles. The first-order valence-corrected chi connectivity index (χ1v) is 7.31. The molecule has 19 heavy (non-hydrogen) atoms. The summed E-state index contributed by atoms with van der Waals surface area (Å²) in [5.74, 6) is 0.405. The second kappa shape index (κ2) is 6.37. The van der Waals surface area contributed by atoms with Crippen molar-refractivity contribution in [2.24, 2.45) is 0 Å². The third-order valence-electron chi connectivity index (χ3n) is 4.42. The van der Waals surface area contributed by atoms with E-state index in [1.54, 1.807) is 6.92 Å². The van der Waals surface area contributed by atoms with Crippen LogP contribution in [0.3, 0.4) is 0 Å². The van der Waals surface area contributed by atoms with E-state index < -0.39 is 0 Å². The molecular formula is C14H25N3O2. The van der Waals surface area contributed by atoms with Crippen LogP contribution in [-0.4, -0.2) is 72.3 Å². The number of nitrogens with zero attached hydrogens (tertiary/aromatic N) is 3. The largest absolute Gasteiger partial charge is 0.343 e. The SMILES string of the molecule is CC(=O)N(C)C1CCN(CC(=O)N2CCCC2)CC1. The Morgan fingerprint density at radius 2 is 1.68 bits per heavy atom. The second-order valence-corrected chi connectivity index (χ2v) is 5.73. The smallest absolute Gasteiger partial charge is 0.236 e. The van der Waals surface area contributed by atoms with E-state index in [1.165, 1.54) is 0 Å². The number of rotatable bonds is 3. The van der Waals surface area contributed by atoms with Gasteiger partial charge in [0.05, 0.1) is 6.54 Å². The van der Waals surface area contributed by atoms with Crippen LogP contribution in [0, 0.1) is 0 Å². The third kappa shape index (κ3) is 3.69. The minimum Gasteiger partial charge on any atom is -0.343 e. The van der Waals surface area contributed by atoms with E-state index in [1.807, 2.05) is 16.8 Å². The highest BCUT2D eigenvalue weighted by Gasteiger charge is 2.26. The Morgan fingerprint density at radius 1 is 1.11 bits per heavy atom. The lowest BCUT2D eigenvalue weighted by molar-refractivity contribution is -0.133. The average Bonchev–Trinajstić information content (AvgIpc) is 2.92. The lowest BCUT2D eigenvalue weighted by atomic mass is 10.0. The number of carbonyl (C=O) groups excluding carboxylic acids is 2. The number of hydrogen-bond acceptors (Lipinski definition) is 3. The zero-order chi connectivity index (χ0) is 13.8. The molecule has 0 spiro atoms. The lowest BCUT2D eigenvalue weighted by Crippen LogP contribution is -2.47. The first-order valence-electron chi connectivity index (χ1n) is 7.31. The van der Waals surface area contributed by atoms with Crippen molar-refractivity contribution < 1.29 is 9.59 Å². The summed E-state index contributed by atoms with van der Waals surface area (Å²) in [5.41, 5.74) is 0. The standard InChI is InChI=1S/C14H25N3O2/c1-12(18)15(2)13-5-9-16(10-6-13)11-14(19)17-7-3-4-8-17/h13H,3-11H2,1-2H3. The monoisotopic (exact) mass is 267 g/mol. The molecule has 0 radical (unpaired) electrons. The Hall–Kier alpha value is -1.10. The minimum absolute atomic E-state index is 0.131. The molecule has 0 aliphatic carbocycles. The molecular weight excluding hydrogens is 242 g/mol. The molecule has 2 saturated heterocycles. The molecule has 0 N–H and O–H groups in total. The normalized spacial score (nSPS) is 21.7. The predicted molar refractivity (Wildman–Crippen MR) is 73.7 cm³/mol. The molecule has 5 heteroatoms. The molecule has 0 bridgehead atoms. The highest BCUT2D eigenvalue weighted by Crippen LogP contribution is 2.16. The maximum Gasteiger partial charge on any atom is 0.236 e. The van der Waals surface area contributed by atoms with Gasteiger partial charge in [-0.1, -0.05) is 0 Å². The van der Waals surface area contributed by atoms with Crippen molar-refractivity contribution in [3.8, 4) is 0 Å². The van der Waals surface area contributed by atoms with Crippen molar-refractivity contribution in [2.45, 2.75) is 38.6 Å². The van der Waals surface area contributed by atoms with E-state index in [2.05, 4.69) is 4.90 Å². The van der Waals surface area contributed by atoms with Crippen LogP contribution in [-0.2, 0) is 9.59 Å². The Morgan fingerprint density at radius 3 is 2.21 bits per heavy atom. The molecule has 0 aromatic carbocycles. The molecule has 0 unspecified atom stereocenters. The number of amides is 2. The van der Waals surface area contributed by atoms with E-state index >= 15 is 0 Å². The Balaban J connectivity index is 1.74. The van der Waals surface area contributed by atoms with Crippen LogP contribution >= 0.6 is 0 Å². The maximum absolute atomic E-state index is 12.1. The van der Waals surface area contributed by atoms with Crippen LogP contribution in [0.4, 0.5) is 0 Å². The fourth-order valence-electron chi connectivity index (χ4n) is 2.98. The first-order chi connectivity index (χ1) is 9.08. The van der Waals surface area contributed by atoms with Crippen LogP contribution < -0.4 is 0 Å². The summed E-state index contributed by atoms with van der Waals surface area (Å²) in [6, 6.07) is 0.343. The number of likely N-dealkylation sites (tertiary alicyclic amines) is 2. The summed E-state index contributed by atoms with van der Waals surface area (Å²) in [4.78, 5) is 29.4. The Bertz CT molecular complexity index is 332.